The fourth-order valence-corrected chi connectivity index (χ4v) is 1.86. The van der Waals surface area contributed by atoms with Crippen LogP contribution in [-0.4, -0.2) is 30.8 Å². The maximum atomic E-state index is 9.11. The highest BCUT2D eigenvalue weighted by Crippen LogP contribution is 2.21. The fraction of sp³-hybridized carbons (Fsp3) is 0.0769. The molecule has 0 atom stereocenters. The number of rotatable bonds is 5. The lowest BCUT2D eigenvalue weighted by molar-refractivity contribution is 0.391. The van der Waals surface area contributed by atoms with Gasteiger partial charge in [-0.3, -0.25) is 0 Å². The van der Waals surface area contributed by atoms with Gasteiger partial charge in [-0.25, -0.2) is 0 Å². The number of allylic oxidation sites excluding steroid dienone is 1. The molecule has 2 heterocycles. The summed E-state index contributed by atoms with van der Waals surface area (Å²) in [6, 6.07) is 9.29. The number of nitrogens with zero attached hydrogens (tertiary/aromatic N) is 6. The first-order chi connectivity index (χ1) is 11.3. The van der Waals surface area contributed by atoms with Crippen LogP contribution < -0.4 is 5.32 Å². The molecular weight excluding hydrogens is 320 g/mol. The number of benzene rings is 1. The second-order valence-electron chi connectivity index (χ2n) is 4.28. The van der Waals surface area contributed by atoms with E-state index in [-0.39, 0.29) is 17.3 Å². The van der Waals surface area contributed by atoms with Gasteiger partial charge < -0.3 is 9.84 Å². The normalized spacial score (nSPS) is 11.2. The Hall–Kier alpha value is -3.25. The van der Waals surface area contributed by atoms with Crippen LogP contribution in [-0.2, 0) is 5.88 Å². The molecule has 114 valence electrons. The number of aromatic amines is 1. The number of anilines is 1. The van der Waals surface area contributed by atoms with Crippen molar-refractivity contribution >= 4 is 22.9 Å². The minimum Gasteiger partial charge on any atom is -0.360 e. The number of tetrazole rings is 1. The van der Waals surface area contributed by atoms with Gasteiger partial charge in [0, 0.05) is 17.5 Å². The molecule has 1 aromatic carbocycles. The molecule has 2 N–H and O–H groups in total. The van der Waals surface area contributed by atoms with Crippen molar-refractivity contribution in [2.45, 2.75) is 5.88 Å². The molecule has 23 heavy (non-hydrogen) atoms. The number of aromatic nitrogens is 6. The van der Waals surface area contributed by atoms with Gasteiger partial charge >= 0.3 is 0 Å². The van der Waals surface area contributed by atoms with Crippen molar-refractivity contribution in [3.8, 4) is 17.5 Å². The Morgan fingerprint density at radius 3 is 3.09 bits per heavy atom. The first-order valence-corrected chi connectivity index (χ1v) is 6.93. The molecule has 0 saturated heterocycles. The zero-order valence-corrected chi connectivity index (χ0v) is 12.3. The Balaban J connectivity index is 1.81. The zero-order valence-electron chi connectivity index (χ0n) is 11.6. The third-order valence-corrected chi connectivity index (χ3v) is 3.02. The first-order valence-electron chi connectivity index (χ1n) is 6.40. The van der Waals surface area contributed by atoms with E-state index in [0.717, 1.165) is 11.3 Å². The standard InChI is InChI=1S/C13H9ClN8O/c14-5-11-17-12(20-23-11)8-2-1-3-10(4-8)16-7-9(6-15)13-18-21-22-19-13/h1-4,7,16H,5H2,(H,18,19,21,22). The molecule has 0 aliphatic carbocycles. The van der Waals surface area contributed by atoms with Crippen LogP contribution in [0.5, 0.6) is 0 Å². The van der Waals surface area contributed by atoms with Crippen LogP contribution in [0.25, 0.3) is 17.0 Å². The summed E-state index contributed by atoms with van der Waals surface area (Å²) in [5, 5.41) is 29.2. The van der Waals surface area contributed by atoms with E-state index in [4.69, 9.17) is 21.4 Å². The lowest BCUT2D eigenvalue weighted by Gasteiger charge is -2.02. The van der Waals surface area contributed by atoms with E-state index in [1.54, 1.807) is 0 Å². The van der Waals surface area contributed by atoms with E-state index >= 15 is 0 Å². The molecule has 0 amide bonds. The van der Waals surface area contributed by atoms with E-state index < -0.39 is 0 Å². The molecule has 0 saturated carbocycles. The highest BCUT2D eigenvalue weighted by atomic mass is 35.5. The molecule has 0 aliphatic heterocycles. The summed E-state index contributed by atoms with van der Waals surface area (Å²) in [5.74, 6) is 1.15. The van der Waals surface area contributed by atoms with Crippen molar-refractivity contribution < 1.29 is 4.52 Å². The van der Waals surface area contributed by atoms with Crippen LogP contribution in [0, 0.1) is 11.3 Å². The van der Waals surface area contributed by atoms with Crippen LogP contribution in [0.15, 0.2) is 35.0 Å². The predicted molar refractivity (Wildman–Crippen MR) is 80.7 cm³/mol. The van der Waals surface area contributed by atoms with Crippen molar-refractivity contribution in [1.82, 2.24) is 30.8 Å². The van der Waals surface area contributed by atoms with Gasteiger partial charge in [-0.15, -0.1) is 21.8 Å². The molecule has 0 aliphatic rings. The maximum absolute atomic E-state index is 9.11. The Morgan fingerprint density at radius 1 is 1.48 bits per heavy atom. The minimum atomic E-state index is 0.157. The number of alkyl halides is 1. The summed E-state index contributed by atoms with van der Waals surface area (Å²) >= 11 is 5.64. The third-order valence-electron chi connectivity index (χ3n) is 2.79. The predicted octanol–water partition coefficient (Wildman–Crippen LogP) is 1.97. The van der Waals surface area contributed by atoms with Gasteiger partial charge in [-0.2, -0.15) is 15.5 Å². The Labute approximate surface area is 135 Å². The van der Waals surface area contributed by atoms with Crippen LogP contribution in [0.3, 0.4) is 0 Å². The average molecular weight is 329 g/mol. The van der Waals surface area contributed by atoms with E-state index in [9.17, 15) is 0 Å². The van der Waals surface area contributed by atoms with Gasteiger partial charge in [-0.1, -0.05) is 17.3 Å². The molecule has 3 aromatic rings. The van der Waals surface area contributed by atoms with Crippen molar-refractivity contribution in [2.75, 3.05) is 5.32 Å². The molecule has 0 unspecified atom stereocenters. The minimum absolute atomic E-state index is 0.157. The summed E-state index contributed by atoms with van der Waals surface area (Å²) in [6.45, 7) is 0. The molecule has 0 bridgehead atoms. The van der Waals surface area contributed by atoms with Gasteiger partial charge in [0.25, 0.3) is 0 Å². The van der Waals surface area contributed by atoms with Crippen molar-refractivity contribution in [2.24, 2.45) is 0 Å². The maximum Gasteiger partial charge on any atom is 0.241 e. The second-order valence-corrected chi connectivity index (χ2v) is 4.54. The zero-order chi connectivity index (χ0) is 16.1. The van der Waals surface area contributed by atoms with E-state index in [2.05, 4.69) is 36.1 Å². The first kappa shape index (κ1) is 14.7. The topological polar surface area (TPSA) is 129 Å². The van der Waals surface area contributed by atoms with Gasteiger partial charge in [-0.05, 0) is 17.3 Å². The third kappa shape index (κ3) is 3.33. The lowest BCUT2D eigenvalue weighted by Crippen LogP contribution is -1.93. The molecule has 2 aromatic heterocycles. The fourth-order valence-electron chi connectivity index (χ4n) is 1.75. The van der Waals surface area contributed by atoms with Crippen LogP contribution >= 0.6 is 11.6 Å². The summed E-state index contributed by atoms with van der Waals surface area (Å²) < 4.78 is 4.98. The molecule has 3 rings (SSSR count). The second kappa shape index (κ2) is 6.67. The summed E-state index contributed by atoms with van der Waals surface area (Å²) in [4.78, 5) is 4.15. The number of H-pyrrole nitrogens is 1. The SMILES string of the molecule is N#CC(=CNc1cccc(-c2noc(CCl)n2)c1)c1nn[nH]n1. The van der Waals surface area contributed by atoms with Crippen LogP contribution in [0.4, 0.5) is 5.69 Å². The monoisotopic (exact) mass is 328 g/mol. The van der Waals surface area contributed by atoms with Crippen LogP contribution in [0.1, 0.15) is 11.7 Å². The smallest absolute Gasteiger partial charge is 0.241 e. The van der Waals surface area contributed by atoms with E-state index in [0.29, 0.717) is 11.7 Å². The lowest BCUT2D eigenvalue weighted by atomic mass is 10.2. The Bertz CT molecular complexity index is 864. The van der Waals surface area contributed by atoms with Gasteiger partial charge in [0.1, 0.15) is 17.5 Å². The number of hydrogen-bond acceptors (Lipinski definition) is 8. The van der Waals surface area contributed by atoms with Crippen molar-refractivity contribution in [3.05, 3.63) is 42.2 Å². The Morgan fingerprint density at radius 2 is 2.39 bits per heavy atom. The van der Waals surface area contributed by atoms with Gasteiger partial charge in [0.15, 0.2) is 0 Å². The molecular formula is C13H9ClN8O. The summed E-state index contributed by atoms with van der Waals surface area (Å²) in [7, 11) is 0. The van der Waals surface area contributed by atoms with Crippen LogP contribution in [0.2, 0.25) is 0 Å². The quantitative estimate of drug-likeness (QED) is 0.537. The number of nitriles is 1. The van der Waals surface area contributed by atoms with Crippen molar-refractivity contribution in [3.63, 3.8) is 0 Å². The largest absolute Gasteiger partial charge is 0.360 e. The molecule has 10 heteroatoms. The highest BCUT2D eigenvalue weighted by Gasteiger charge is 2.09. The number of halogens is 1. The van der Waals surface area contributed by atoms with Crippen molar-refractivity contribution in [1.29, 1.82) is 5.26 Å². The number of hydrogen-bond donors (Lipinski definition) is 2. The van der Waals surface area contributed by atoms with E-state index in [1.807, 2.05) is 30.3 Å². The highest BCUT2D eigenvalue weighted by molar-refractivity contribution is 6.16. The molecule has 0 radical (unpaired) electrons. The summed E-state index contributed by atoms with van der Waals surface area (Å²) in [6.07, 6.45) is 1.49. The van der Waals surface area contributed by atoms with E-state index in [1.165, 1.54) is 6.20 Å². The molecule has 0 spiro atoms. The Kier molecular flexibility index (Phi) is 4.26. The van der Waals surface area contributed by atoms with Gasteiger partial charge in [0.2, 0.25) is 17.5 Å². The van der Waals surface area contributed by atoms with Gasteiger partial charge in [0.05, 0.1) is 0 Å². The molecule has 0 fully saturated rings. The average Bonchev–Trinajstić information content (AvgIpc) is 3.27. The number of nitrogens with one attached hydrogen (secondary N) is 2. The summed E-state index contributed by atoms with van der Waals surface area (Å²) in [5.41, 5.74) is 1.73. The molecule has 9 nitrogen and oxygen atoms in total.